The Kier molecular flexibility index (Phi) is 2.49. The summed E-state index contributed by atoms with van der Waals surface area (Å²) >= 11 is 0. The Labute approximate surface area is 86.9 Å². The van der Waals surface area contributed by atoms with Crippen molar-refractivity contribution in [2.45, 2.75) is 6.92 Å². The molecule has 0 aliphatic rings. The molecule has 0 atom stereocenters. The number of carbonyl (C=O) groups excluding carboxylic acids is 1. The predicted octanol–water partition coefficient (Wildman–Crippen LogP) is 2.24. The van der Waals surface area contributed by atoms with Crippen LogP contribution in [0.4, 0.5) is 5.69 Å². The minimum absolute atomic E-state index is 0.217. The van der Waals surface area contributed by atoms with Gasteiger partial charge in [0.1, 0.15) is 6.26 Å². The topological polar surface area (TPSA) is 55.1 Å². The van der Waals surface area contributed by atoms with Gasteiger partial charge in [0.05, 0.1) is 11.8 Å². The molecule has 15 heavy (non-hydrogen) atoms. The molecule has 2 aromatic rings. The number of nitrogens with zero attached hydrogens (tertiary/aromatic N) is 1. The molecule has 2 rings (SSSR count). The number of rotatable bonds is 2. The molecule has 1 amide bonds. The quantitative estimate of drug-likeness (QED) is 0.812. The third-order valence-electron chi connectivity index (χ3n) is 2.09. The number of hydrogen-bond acceptors (Lipinski definition) is 3. The van der Waals surface area contributed by atoms with Crippen molar-refractivity contribution in [3.63, 3.8) is 0 Å². The van der Waals surface area contributed by atoms with E-state index in [0.717, 1.165) is 11.3 Å². The number of hydrogen-bond donors (Lipinski definition) is 1. The summed E-state index contributed by atoms with van der Waals surface area (Å²) in [5.74, 6) is -0.217. The van der Waals surface area contributed by atoms with Crippen LogP contribution >= 0.6 is 0 Å². The van der Waals surface area contributed by atoms with Crippen molar-refractivity contribution in [3.8, 4) is 0 Å². The van der Waals surface area contributed by atoms with Crippen LogP contribution in [-0.4, -0.2) is 11.1 Å². The first kappa shape index (κ1) is 9.45. The zero-order valence-electron chi connectivity index (χ0n) is 8.23. The highest BCUT2D eigenvalue weighted by Gasteiger charge is 2.08. The zero-order chi connectivity index (χ0) is 10.7. The highest BCUT2D eigenvalue weighted by atomic mass is 16.5. The molecule has 76 valence electrons. The van der Waals surface area contributed by atoms with Gasteiger partial charge in [-0.25, -0.2) is 0 Å². The molecule has 0 aliphatic heterocycles. The van der Waals surface area contributed by atoms with Gasteiger partial charge in [0.2, 0.25) is 0 Å². The van der Waals surface area contributed by atoms with Crippen molar-refractivity contribution in [3.05, 3.63) is 47.9 Å². The molecular weight excluding hydrogens is 192 g/mol. The molecule has 1 aromatic carbocycles. The lowest BCUT2D eigenvalue weighted by Gasteiger charge is -2.05. The summed E-state index contributed by atoms with van der Waals surface area (Å²) in [5, 5.41) is 6.25. The van der Waals surface area contributed by atoms with Gasteiger partial charge in [-0.05, 0) is 18.6 Å². The SMILES string of the molecule is Cc1ccccc1NC(=O)c1cnoc1. The van der Waals surface area contributed by atoms with Gasteiger partial charge in [-0.1, -0.05) is 23.4 Å². The molecule has 4 nitrogen and oxygen atoms in total. The Morgan fingerprint density at radius 2 is 2.20 bits per heavy atom. The van der Waals surface area contributed by atoms with Gasteiger partial charge in [0, 0.05) is 5.69 Å². The molecule has 1 aromatic heterocycles. The molecule has 1 N–H and O–H groups in total. The highest BCUT2D eigenvalue weighted by molar-refractivity contribution is 6.04. The van der Waals surface area contributed by atoms with Crippen LogP contribution in [-0.2, 0) is 0 Å². The zero-order valence-corrected chi connectivity index (χ0v) is 8.23. The molecule has 0 bridgehead atoms. The molecule has 0 unspecified atom stereocenters. The fourth-order valence-electron chi connectivity index (χ4n) is 1.22. The number of carbonyl (C=O) groups is 1. The van der Waals surface area contributed by atoms with Gasteiger partial charge in [-0.15, -0.1) is 0 Å². The van der Waals surface area contributed by atoms with Crippen molar-refractivity contribution < 1.29 is 9.32 Å². The molecule has 4 heteroatoms. The second kappa shape index (κ2) is 3.96. The van der Waals surface area contributed by atoms with E-state index in [9.17, 15) is 4.79 Å². The third kappa shape index (κ3) is 2.04. The van der Waals surface area contributed by atoms with E-state index in [0.29, 0.717) is 5.56 Å². The van der Waals surface area contributed by atoms with Crippen molar-refractivity contribution in [2.24, 2.45) is 0 Å². The second-order valence-corrected chi connectivity index (χ2v) is 3.18. The average molecular weight is 202 g/mol. The van der Waals surface area contributed by atoms with Crippen LogP contribution in [0.1, 0.15) is 15.9 Å². The molecular formula is C11H10N2O2. The minimum Gasteiger partial charge on any atom is -0.364 e. The van der Waals surface area contributed by atoms with Crippen LogP contribution < -0.4 is 5.32 Å². The van der Waals surface area contributed by atoms with Gasteiger partial charge in [0.25, 0.3) is 5.91 Å². The first-order chi connectivity index (χ1) is 7.27. The highest BCUT2D eigenvalue weighted by Crippen LogP contribution is 2.14. The largest absolute Gasteiger partial charge is 0.364 e. The molecule has 1 heterocycles. The van der Waals surface area contributed by atoms with Crippen LogP contribution in [0, 0.1) is 6.92 Å². The maximum atomic E-state index is 11.6. The summed E-state index contributed by atoms with van der Waals surface area (Å²) in [6, 6.07) is 7.57. The van der Waals surface area contributed by atoms with Gasteiger partial charge in [-0.3, -0.25) is 4.79 Å². The summed E-state index contributed by atoms with van der Waals surface area (Å²) in [7, 11) is 0. The molecule has 0 saturated carbocycles. The number of nitrogens with one attached hydrogen (secondary N) is 1. The summed E-state index contributed by atoms with van der Waals surface area (Å²) < 4.78 is 4.59. The number of benzene rings is 1. The van der Waals surface area contributed by atoms with E-state index in [4.69, 9.17) is 0 Å². The van der Waals surface area contributed by atoms with E-state index in [-0.39, 0.29) is 5.91 Å². The molecule has 0 saturated heterocycles. The monoisotopic (exact) mass is 202 g/mol. The fraction of sp³-hybridized carbons (Fsp3) is 0.0909. The summed E-state index contributed by atoms with van der Waals surface area (Å²) in [5.41, 5.74) is 2.23. The lowest BCUT2D eigenvalue weighted by atomic mass is 10.2. The standard InChI is InChI=1S/C11H10N2O2/c1-8-4-2-3-5-10(8)13-11(14)9-6-12-15-7-9/h2-7H,1H3,(H,13,14). The summed E-state index contributed by atoms with van der Waals surface area (Å²) in [6.07, 6.45) is 2.70. The summed E-state index contributed by atoms with van der Waals surface area (Å²) in [4.78, 5) is 11.6. The second-order valence-electron chi connectivity index (χ2n) is 3.18. The van der Waals surface area contributed by atoms with Crippen LogP contribution in [0.15, 0.2) is 41.2 Å². The third-order valence-corrected chi connectivity index (χ3v) is 2.09. The normalized spacial score (nSPS) is 9.93. The molecule has 0 radical (unpaired) electrons. The Balaban J connectivity index is 2.17. The fourth-order valence-corrected chi connectivity index (χ4v) is 1.22. The lowest BCUT2D eigenvalue weighted by Crippen LogP contribution is -2.11. The van der Waals surface area contributed by atoms with Gasteiger partial charge in [0.15, 0.2) is 0 Å². The first-order valence-electron chi connectivity index (χ1n) is 4.54. The van der Waals surface area contributed by atoms with E-state index in [1.54, 1.807) is 0 Å². The molecule has 0 aliphatic carbocycles. The Bertz CT molecular complexity index is 463. The van der Waals surface area contributed by atoms with Crippen molar-refractivity contribution >= 4 is 11.6 Å². The van der Waals surface area contributed by atoms with Crippen LogP contribution in [0.3, 0.4) is 0 Å². The smallest absolute Gasteiger partial charge is 0.260 e. The minimum atomic E-state index is -0.217. The number of amides is 1. The van der Waals surface area contributed by atoms with Crippen molar-refractivity contribution in [2.75, 3.05) is 5.32 Å². The lowest BCUT2D eigenvalue weighted by molar-refractivity contribution is 0.102. The predicted molar refractivity (Wildman–Crippen MR) is 55.6 cm³/mol. The Morgan fingerprint density at radius 3 is 2.87 bits per heavy atom. The number of aromatic nitrogens is 1. The average Bonchev–Trinajstić information content (AvgIpc) is 2.74. The van der Waals surface area contributed by atoms with E-state index < -0.39 is 0 Å². The number of anilines is 1. The summed E-state index contributed by atoms with van der Waals surface area (Å²) in [6.45, 7) is 1.93. The molecule has 0 fully saturated rings. The number of aryl methyl sites for hydroxylation is 1. The van der Waals surface area contributed by atoms with Gasteiger partial charge < -0.3 is 9.84 Å². The molecule has 0 spiro atoms. The Morgan fingerprint density at radius 1 is 1.40 bits per heavy atom. The van der Waals surface area contributed by atoms with Gasteiger partial charge in [-0.2, -0.15) is 0 Å². The van der Waals surface area contributed by atoms with E-state index in [1.165, 1.54) is 12.5 Å². The maximum absolute atomic E-state index is 11.6. The van der Waals surface area contributed by atoms with E-state index in [2.05, 4.69) is 15.0 Å². The van der Waals surface area contributed by atoms with E-state index in [1.807, 2.05) is 31.2 Å². The number of para-hydroxylation sites is 1. The van der Waals surface area contributed by atoms with Crippen molar-refractivity contribution in [1.29, 1.82) is 0 Å². The van der Waals surface area contributed by atoms with Crippen LogP contribution in [0.2, 0.25) is 0 Å². The Hall–Kier alpha value is -2.10. The van der Waals surface area contributed by atoms with Crippen LogP contribution in [0.25, 0.3) is 0 Å². The van der Waals surface area contributed by atoms with Crippen molar-refractivity contribution in [1.82, 2.24) is 5.16 Å². The first-order valence-corrected chi connectivity index (χ1v) is 4.54. The maximum Gasteiger partial charge on any atom is 0.260 e. The van der Waals surface area contributed by atoms with Crippen LogP contribution in [0.5, 0.6) is 0 Å². The van der Waals surface area contributed by atoms with E-state index >= 15 is 0 Å². The van der Waals surface area contributed by atoms with Gasteiger partial charge >= 0.3 is 0 Å².